The zero-order chi connectivity index (χ0) is 17.4. The van der Waals surface area contributed by atoms with Crippen molar-refractivity contribution in [3.8, 4) is 0 Å². The number of rotatable bonds is 8. The van der Waals surface area contributed by atoms with Crippen LogP contribution in [0.3, 0.4) is 0 Å². The quantitative estimate of drug-likeness (QED) is 0.305. The van der Waals surface area contributed by atoms with Gasteiger partial charge in [-0.25, -0.2) is 0 Å². The molecule has 1 fully saturated rings. The van der Waals surface area contributed by atoms with E-state index in [1.807, 2.05) is 18.2 Å². The lowest BCUT2D eigenvalue weighted by molar-refractivity contribution is -0.143. The van der Waals surface area contributed by atoms with Crippen LogP contribution in [0.25, 0.3) is 6.08 Å². The molecule has 1 aliphatic heterocycles. The Balaban J connectivity index is 1.80. The Labute approximate surface area is 151 Å². The number of ether oxygens (including phenoxy) is 1. The Bertz CT molecular complexity index is 632. The molecule has 1 aromatic rings. The van der Waals surface area contributed by atoms with Gasteiger partial charge in [0.1, 0.15) is 4.32 Å². The lowest BCUT2D eigenvalue weighted by atomic mass is 10.2. The molecule has 0 spiro atoms. The number of thioether (sulfide) groups is 1. The first-order valence-electron chi connectivity index (χ1n) is 7.94. The molecule has 0 atom stereocenters. The summed E-state index contributed by atoms with van der Waals surface area (Å²) >= 11 is 6.60. The molecule has 0 aliphatic carbocycles. The number of thiocarbonyl (C=S) groups is 1. The predicted octanol–water partition coefficient (Wildman–Crippen LogP) is 3.41. The molecule has 0 unspecified atom stereocenters. The zero-order valence-corrected chi connectivity index (χ0v) is 15.2. The van der Waals surface area contributed by atoms with Crippen molar-refractivity contribution in [2.24, 2.45) is 0 Å². The van der Waals surface area contributed by atoms with Crippen LogP contribution in [0, 0.1) is 0 Å². The van der Waals surface area contributed by atoms with E-state index in [1.54, 1.807) is 24.1 Å². The highest BCUT2D eigenvalue weighted by molar-refractivity contribution is 8.26. The number of esters is 1. The van der Waals surface area contributed by atoms with E-state index in [9.17, 15) is 9.59 Å². The first-order chi connectivity index (χ1) is 11.6. The summed E-state index contributed by atoms with van der Waals surface area (Å²) in [5, 5.41) is 0. The Morgan fingerprint density at radius 2 is 2.21 bits per heavy atom. The van der Waals surface area contributed by atoms with Crippen LogP contribution >= 0.6 is 24.0 Å². The van der Waals surface area contributed by atoms with Gasteiger partial charge in [-0.3, -0.25) is 19.5 Å². The van der Waals surface area contributed by atoms with Crippen molar-refractivity contribution < 1.29 is 14.3 Å². The average molecular weight is 364 g/mol. The second-order valence-electron chi connectivity index (χ2n) is 5.20. The molecule has 1 amide bonds. The van der Waals surface area contributed by atoms with E-state index >= 15 is 0 Å². The number of hydrogen-bond donors (Lipinski definition) is 0. The lowest BCUT2D eigenvalue weighted by Gasteiger charge is -2.13. The normalized spacial score (nSPS) is 16.0. The van der Waals surface area contributed by atoms with Crippen LogP contribution in [0.5, 0.6) is 0 Å². The summed E-state index contributed by atoms with van der Waals surface area (Å²) in [4.78, 5) is 30.1. The van der Waals surface area contributed by atoms with E-state index in [0.717, 1.165) is 25.0 Å². The van der Waals surface area contributed by atoms with Gasteiger partial charge in [0.05, 0.1) is 17.2 Å². The van der Waals surface area contributed by atoms with Crippen LogP contribution in [0.1, 0.15) is 38.3 Å². The van der Waals surface area contributed by atoms with Crippen LogP contribution in [0.15, 0.2) is 29.3 Å². The Morgan fingerprint density at radius 1 is 1.38 bits per heavy atom. The van der Waals surface area contributed by atoms with Crippen LogP contribution in [-0.2, 0) is 14.3 Å². The smallest absolute Gasteiger partial charge is 0.305 e. The molecule has 7 heteroatoms. The highest BCUT2D eigenvalue weighted by Gasteiger charge is 2.31. The number of amides is 1. The van der Waals surface area contributed by atoms with Crippen molar-refractivity contribution >= 4 is 46.3 Å². The fourth-order valence-electron chi connectivity index (χ4n) is 2.24. The maximum atomic E-state index is 12.4. The lowest BCUT2D eigenvalue weighted by Crippen LogP contribution is -2.29. The molecule has 2 heterocycles. The van der Waals surface area contributed by atoms with Crippen LogP contribution in [0.2, 0.25) is 0 Å². The number of aromatic nitrogens is 1. The first kappa shape index (κ1) is 18.6. The summed E-state index contributed by atoms with van der Waals surface area (Å²) in [6.45, 7) is 2.79. The minimum atomic E-state index is -0.165. The molecule has 2 rings (SSSR count). The van der Waals surface area contributed by atoms with E-state index in [4.69, 9.17) is 17.0 Å². The summed E-state index contributed by atoms with van der Waals surface area (Å²) < 4.78 is 5.46. The van der Waals surface area contributed by atoms with Gasteiger partial charge >= 0.3 is 5.97 Å². The van der Waals surface area contributed by atoms with Gasteiger partial charge in [0.15, 0.2) is 0 Å². The Morgan fingerprint density at radius 3 is 2.92 bits per heavy atom. The summed E-state index contributed by atoms with van der Waals surface area (Å²) in [5.41, 5.74) is 0.743. The molecular weight excluding hydrogens is 344 g/mol. The summed E-state index contributed by atoms with van der Waals surface area (Å²) in [5.74, 6) is -0.234. The van der Waals surface area contributed by atoms with Crippen molar-refractivity contribution in [3.63, 3.8) is 0 Å². The number of carbonyl (C=O) groups is 2. The average Bonchev–Trinajstić information content (AvgIpc) is 2.83. The van der Waals surface area contributed by atoms with Crippen LogP contribution < -0.4 is 0 Å². The number of hydrogen-bond acceptors (Lipinski definition) is 6. The van der Waals surface area contributed by atoms with Crippen molar-refractivity contribution in [1.82, 2.24) is 9.88 Å². The number of unbranched alkanes of at least 4 members (excludes halogenated alkanes) is 2. The number of nitrogens with zero attached hydrogens (tertiary/aromatic N) is 2. The molecule has 0 bridgehead atoms. The third-order valence-corrected chi connectivity index (χ3v) is 4.79. The predicted molar refractivity (Wildman–Crippen MR) is 99.2 cm³/mol. The van der Waals surface area contributed by atoms with E-state index in [1.165, 1.54) is 11.8 Å². The SMILES string of the molecule is CCOC(=O)CCCCCN1C(=O)/C(=C/c2ccccn2)SC1=S. The molecule has 1 saturated heterocycles. The minimum Gasteiger partial charge on any atom is -0.466 e. The summed E-state index contributed by atoms with van der Waals surface area (Å²) in [7, 11) is 0. The topological polar surface area (TPSA) is 59.5 Å². The maximum absolute atomic E-state index is 12.4. The Hall–Kier alpha value is -1.73. The molecule has 24 heavy (non-hydrogen) atoms. The molecular formula is C17H20N2O3S2. The van der Waals surface area contributed by atoms with Crippen molar-refractivity contribution in [2.45, 2.75) is 32.6 Å². The van der Waals surface area contributed by atoms with Gasteiger partial charge in [0.25, 0.3) is 5.91 Å². The van der Waals surface area contributed by atoms with E-state index in [0.29, 0.717) is 28.8 Å². The number of carbonyl (C=O) groups excluding carboxylic acids is 2. The van der Waals surface area contributed by atoms with Gasteiger partial charge in [0, 0.05) is 19.2 Å². The van der Waals surface area contributed by atoms with Gasteiger partial charge in [-0.15, -0.1) is 0 Å². The standard InChI is InChI=1S/C17H20N2O3S2/c1-2-22-15(20)9-4-3-7-11-19-16(21)14(24-17(19)23)12-13-8-5-6-10-18-13/h5-6,8,10,12H,2-4,7,9,11H2,1H3/b14-12-. The first-order valence-corrected chi connectivity index (χ1v) is 9.16. The summed E-state index contributed by atoms with van der Waals surface area (Å²) in [6, 6.07) is 5.56. The monoisotopic (exact) mass is 364 g/mol. The molecule has 1 aliphatic rings. The second kappa shape index (κ2) is 9.54. The highest BCUT2D eigenvalue weighted by Crippen LogP contribution is 2.32. The van der Waals surface area contributed by atoms with E-state index < -0.39 is 0 Å². The largest absolute Gasteiger partial charge is 0.466 e. The second-order valence-corrected chi connectivity index (χ2v) is 6.88. The third-order valence-electron chi connectivity index (χ3n) is 3.41. The molecule has 0 aromatic carbocycles. The Kier molecular flexibility index (Phi) is 7.39. The van der Waals surface area contributed by atoms with Gasteiger partial charge in [-0.05, 0) is 38.0 Å². The van der Waals surface area contributed by atoms with Crippen LogP contribution in [0.4, 0.5) is 0 Å². The van der Waals surface area contributed by atoms with E-state index in [2.05, 4.69) is 4.98 Å². The van der Waals surface area contributed by atoms with Crippen molar-refractivity contribution in [3.05, 3.63) is 35.0 Å². The third kappa shape index (κ3) is 5.42. The van der Waals surface area contributed by atoms with Crippen LogP contribution in [-0.4, -0.2) is 39.2 Å². The zero-order valence-electron chi connectivity index (χ0n) is 13.6. The fraction of sp³-hybridized carbons (Fsp3) is 0.412. The van der Waals surface area contributed by atoms with Gasteiger partial charge < -0.3 is 4.74 Å². The van der Waals surface area contributed by atoms with Crippen molar-refractivity contribution in [1.29, 1.82) is 0 Å². The molecule has 0 N–H and O–H groups in total. The maximum Gasteiger partial charge on any atom is 0.305 e. The fourth-order valence-corrected chi connectivity index (χ4v) is 3.53. The van der Waals surface area contributed by atoms with Crippen molar-refractivity contribution in [2.75, 3.05) is 13.2 Å². The molecule has 1 aromatic heterocycles. The van der Waals surface area contributed by atoms with E-state index in [-0.39, 0.29) is 11.9 Å². The summed E-state index contributed by atoms with van der Waals surface area (Å²) in [6.07, 6.45) is 6.30. The van der Waals surface area contributed by atoms with Gasteiger partial charge in [0.2, 0.25) is 0 Å². The van der Waals surface area contributed by atoms with Gasteiger partial charge in [-0.2, -0.15) is 0 Å². The highest BCUT2D eigenvalue weighted by atomic mass is 32.2. The molecule has 0 radical (unpaired) electrons. The molecule has 128 valence electrons. The number of pyridine rings is 1. The molecule has 5 nitrogen and oxygen atoms in total. The van der Waals surface area contributed by atoms with Gasteiger partial charge in [-0.1, -0.05) is 36.5 Å². The minimum absolute atomic E-state index is 0.0685. The molecule has 0 saturated carbocycles.